The van der Waals surface area contributed by atoms with E-state index < -0.39 is 5.97 Å². The summed E-state index contributed by atoms with van der Waals surface area (Å²) in [5, 5.41) is 12.0. The van der Waals surface area contributed by atoms with Crippen LogP contribution in [0.5, 0.6) is 0 Å². The van der Waals surface area contributed by atoms with Gasteiger partial charge in [0.2, 0.25) is 5.95 Å². The minimum atomic E-state index is -1.03. The van der Waals surface area contributed by atoms with E-state index in [9.17, 15) is 4.79 Å². The van der Waals surface area contributed by atoms with E-state index in [1.807, 2.05) is 25.1 Å². The van der Waals surface area contributed by atoms with E-state index in [0.29, 0.717) is 11.6 Å². The fourth-order valence-electron chi connectivity index (χ4n) is 1.67. The lowest BCUT2D eigenvalue weighted by molar-refractivity contribution is 0.0695. The fourth-order valence-corrected chi connectivity index (χ4v) is 2.28. The summed E-state index contributed by atoms with van der Waals surface area (Å²) in [5.74, 6) is -0.651. The van der Waals surface area contributed by atoms with Gasteiger partial charge in [-0.05, 0) is 37.6 Å². The molecule has 0 radical (unpaired) electrons. The van der Waals surface area contributed by atoms with Crippen molar-refractivity contribution in [1.29, 1.82) is 0 Å². The predicted octanol–water partition coefficient (Wildman–Crippen LogP) is 3.30. The van der Waals surface area contributed by atoms with E-state index >= 15 is 0 Å². The SMILES string of the molecule is Cc1cc(Br)cc(Nc2ncc(C(=O)O)c(C)n2)c1. The lowest BCUT2D eigenvalue weighted by atomic mass is 10.2. The Balaban J connectivity index is 2.28. The maximum absolute atomic E-state index is 10.9. The first-order chi connectivity index (χ1) is 8.95. The number of aryl methyl sites for hydroxylation is 2. The first kappa shape index (κ1) is 13.5. The van der Waals surface area contributed by atoms with Crippen molar-refractivity contribution in [2.75, 3.05) is 5.32 Å². The number of anilines is 2. The molecule has 0 saturated carbocycles. The lowest BCUT2D eigenvalue weighted by Gasteiger charge is -2.08. The molecule has 0 bridgehead atoms. The highest BCUT2D eigenvalue weighted by atomic mass is 79.9. The van der Waals surface area contributed by atoms with Gasteiger partial charge in [-0.1, -0.05) is 15.9 Å². The summed E-state index contributed by atoms with van der Waals surface area (Å²) in [6.45, 7) is 3.62. The van der Waals surface area contributed by atoms with E-state index in [-0.39, 0.29) is 5.56 Å². The Kier molecular flexibility index (Phi) is 3.80. The fraction of sp³-hybridized carbons (Fsp3) is 0.154. The summed E-state index contributed by atoms with van der Waals surface area (Å²) < 4.78 is 0.953. The summed E-state index contributed by atoms with van der Waals surface area (Å²) in [5.41, 5.74) is 2.47. The van der Waals surface area contributed by atoms with Crippen LogP contribution in [0.4, 0.5) is 11.6 Å². The molecule has 98 valence electrons. The Labute approximate surface area is 118 Å². The molecular weight excluding hydrogens is 310 g/mol. The monoisotopic (exact) mass is 321 g/mol. The number of carbonyl (C=O) groups is 1. The minimum Gasteiger partial charge on any atom is -0.478 e. The van der Waals surface area contributed by atoms with Crippen molar-refractivity contribution in [3.8, 4) is 0 Å². The molecule has 5 nitrogen and oxygen atoms in total. The second-order valence-electron chi connectivity index (χ2n) is 4.14. The van der Waals surface area contributed by atoms with Crippen LogP contribution < -0.4 is 5.32 Å². The summed E-state index contributed by atoms with van der Waals surface area (Å²) in [4.78, 5) is 19.0. The molecule has 0 amide bonds. The quantitative estimate of drug-likeness (QED) is 0.907. The van der Waals surface area contributed by atoms with Gasteiger partial charge in [-0.2, -0.15) is 0 Å². The van der Waals surface area contributed by atoms with Crippen molar-refractivity contribution in [3.05, 3.63) is 45.7 Å². The molecule has 6 heteroatoms. The van der Waals surface area contributed by atoms with E-state index in [2.05, 4.69) is 31.2 Å². The van der Waals surface area contributed by atoms with Gasteiger partial charge in [0.15, 0.2) is 0 Å². The molecule has 0 fully saturated rings. The van der Waals surface area contributed by atoms with Gasteiger partial charge >= 0.3 is 5.97 Å². The Bertz CT molecular complexity index is 624. The largest absolute Gasteiger partial charge is 0.478 e. The molecule has 2 rings (SSSR count). The summed E-state index contributed by atoms with van der Waals surface area (Å²) >= 11 is 3.41. The number of benzene rings is 1. The average molecular weight is 322 g/mol. The van der Waals surface area contributed by atoms with E-state index in [1.54, 1.807) is 6.92 Å². The van der Waals surface area contributed by atoms with Crippen LogP contribution in [0.1, 0.15) is 21.6 Å². The van der Waals surface area contributed by atoms with Crippen LogP contribution in [0, 0.1) is 13.8 Å². The first-order valence-electron chi connectivity index (χ1n) is 5.57. The number of rotatable bonds is 3. The number of hydrogen-bond donors (Lipinski definition) is 2. The number of hydrogen-bond acceptors (Lipinski definition) is 4. The second kappa shape index (κ2) is 5.36. The topological polar surface area (TPSA) is 75.1 Å². The van der Waals surface area contributed by atoms with Crippen molar-refractivity contribution >= 4 is 33.5 Å². The normalized spacial score (nSPS) is 10.3. The minimum absolute atomic E-state index is 0.107. The third-order valence-corrected chi connectivity index (χ3v) is 2.97. The zero-order valence-corrected chi connectivity index (χ0v) is 12.0. The predicted molar refractivity (Wildman–Crippen MR) is 75.9 cm³/mol. The van der Waals surface area contributed by atoms with Gasteiger partial charge in [-0.25, -0.2) is 14.8 Å². The van der Waals surface area contributed by atoms with E-state index in [4.69, 9.17) is 5.11 Å². The molecule has 19 heavy (non-hydrogen) atoms. The molecule has 1 aromatic carbocycles. The molecule has 0 aliphatic carbocycles. The van der Waals surface area contributed by atoms with Crippen molar-refractivity contribution in [2.45, 2.75) is 13.8 Å². The third kappa shape index (κ3) is 3.29. The molecule has 0 atom stereocenters. The number of halogens is 1. The molecule has 1 heterocycles. The van der Waals surface area contributed by atoms with E-state index in [1.165, 1.54) is 6.20 Å². The van der Waals surface area contributed by atoms with Crippen molar-refractivity contribution in [2.24, 2.45) is 0 Å². The lowest BCUT2D eigenvalue weighted by Crippen LogP contribution is -2.06. The first-order valence-corrected chi connectivity index (χ1v) is 6.36. The molecule has 0 aliphatic rings. The van der Waals surface area contributed by atoms with Gasteiger partial charge in [-0.3, -0.25) is 0 Å². The molecule has 1 aromatic heterocycles. The highest BCUT2D eigenvalue weighted by Crippen LogP contribution is 2.21. The standard InChI is InChI=1S/C13H12BrN3O2/c1-7-3-9(14)5-10(4-7)17-13-15-6-11(12(18)19)8(2)16-13/h3-6H,1-2H3,(H,18,19)(H,15,16,17). The number of carboxylic acids is 1. The maximum Gasteiger partial charge on any atom is 0.339 e. The van der Waals surface area contributed by atoms with Gasteiger partial charge in [0.05, 0.1) is 11.3 Å². The highest BCUT2D eigenvalue weighted by Gasteiger charge is 2.10. The second-order valence-corrected chi connectivity index (χ2v) is 5.06. The molecular formula is C13H12BrN3O2. The third-order valence-electron chi connectivity index (χ3n) is 2.51. The Morgan fingerprint density at radius 3 is 2.63 bits per heavy atom. The molecule has 2 N–H and O–H groups in total. The van der Waals surface area contributed by atoms with Crippen LogP contribution in [0.2, 0.25) is 0 Å². The molecule has 0 aliphatic heterocycles. The molecule has 0 saturated heterocycles. The van der Waals surface area contributed by atoms with Crippen molar-refractivity contribution in [1.82, 2.24) is 9.97 Å². The van der Waals surface area contributed by atoms with Gasteiger partial charge in [0.1, 0.15) is 0 Å². The molecule has 0 unspecified atom stereocenters. The van der Waals surface area contributed by atoms with Crippen LogP contribution >= 0.6 is 15.9 Å². The highest BCUT2D eigenvalue weighted by molar-refractivity contribution is 9.10. The maximum atomic E-state index is 10.9. The smallest absolute Gasteiger partial charge is 0.339 e. The zero-order valence-electron chi connectivity index (χ0n) is 10.4. The number of aromatic carboxylic acids is 1. The molecule has 0 spiro atoms. The van der Waals surface area contributed by atoms with Crippen molar-refractivity contribution < 1.29 is 9.90 Å². The van der Waals surface area contributed by atoms with Gasteiger partial charge in [0, 0.05) is 16.4 Å². The Morgan fingerprint density at radius 1 is 1.32 bits per heavy atom. The Hall–Kier alpha value is -1.95. The van der Waals surface area contributed by atoms with Crippen LogP contribution in [0.15, 0.2) is 28.9 Å². The van der Waals surface area contributed by atoms with Gasteiger partial charge in [0.25, 0.3) is 0 Å². The van der Waals surface area contributed by atoms with Gasteiger partial charge in [-0.15, -0.1) is 0 Å². The number of nitrogens with zero attached hydrogens (tertiary/aromatic N) is 2. The van der Waals surface area contributed by atoms with Crippen molar-refractivity contribution in [3.63, 3.8) is 0 Å². The van der Waals surface area contributed by atoms with Crippen LogP contribution in [-0.2, 0) is 0 Å². The average Bonchev–Trinajstić information content (AvgIpc) is 2.26. The van der Waals surface area contributed by atoms with Crippen LogP contribution in [0.3, 0.4) is 0 Å². The Morgan fingerprint density at radius 2 is 2.05 bits per heavy atom. The number of aromatic nitrogens is 2. The summed E-state index contributed by atoms with van der Waals surface area (Å²) in [6.07, 6.45) is 1.30. The van der Waals surface area contributed by atoms with Crippen LogP contribution in [0.25, 0.3) is 0 Å². The van der Waals surface area contributed by atoms with Crippen LogP contribution in [-0.4, -0.2) is 21.0 Å². The molecule has 2 aromatic rings. The van der Waals surface area contributed by atoms with Gasteiger partial charge < -0.3 is 10.4 Å². The number of carboxylic acid groups (broad SMARTS) is 1. The summed E-state index contributed by atoms with van der Waals surface area (Å²) in [6, 6.07) is 5.84. The van der Waals surface area contributed by atoms with E-state index in [0.717, 1.165) is 15.7 Å². The zero-order chi connectivity index (χ0) is 14.0. The summed E-state index contributed by atoms with van der Waals surface area (Å²) in [7, 11) is 0. The number of nitrogens with one attached hydrogen (secondary N) is 1.